The molecule has 0 radical (unpaired) electrons. The summed E-state index contributed by atoms with van der Waals surface area (Å²) in [5, 5.41) is 20.0. The molecule has 2 heterocycles. The van der Waals surface area contributed by atoms with Crippen molar-refractivity contribution >= 4 is 17.7 Å². The summed E-state index contributed by atoms with van der Waals surface area (Å²) < 4.78 is 26.2. The van der Waals surface area contributed by atoms with Gasteiger partial charge in [0.15, 0.2) is 0 Å². The molecule has 0 saturated heterocycles. The van der Waals surface area contributed by atoms with Crippen LogP contribution in [0, 0.1) is 22.2 Å². The first-order valence-electron chi connectivity index (χ1n) is 9.70. The molecule has 0 bridgehead atoms. The molecule has 31 heavy (non-hydrogen) atoms. The number of hydrogen-bond donors (Lipinski definition) is 2. The van der Waals surface area contributed by atoms with Crippen molar-refractivity contribution in [2.45, 2.75) is 26.8 Å². The Kier molecular flexibility index (Phi) is 6.16. The number of nitrogens with one attached hydrogen (secondary N) is 2. The lowest BCUT2D eigenvalue weighted by molar-refractivity contribution is 0.0222. The third-order valence-corrected chi connectivity index (χ3v) is 5.25. The third kappa shape index (κ3) is 4.45. The van der Waals surface area contributed by atoms with Crippen LogP contribution in [0.15, 0.2) is 36.5 Å². The number of fused-ring (bicyclic) bond motifs is 1. The van der Waals surface area contributed by atoms with E-state index in [2.05, 4.69) is 10.3 Å². The number of hydrogen-bond acceptors (Lipinski definition) is 5. The van der Waals surface area contributed by atoms with Crippen LogP contribution in [0.1, 0.15) is 41.0 Å². The maximum absolute atomic E-state index is 13.1. The van der Waals surface area contributed by atoms with Crippen molar-refractivity contribution < 1.29 is 13.6 Å². The number of alkyl halides is 2. The molecule has 3 rings (SSSR count). The summed E-state index contributed by atoms with van der Waals surface area (Å²) >= 11 is 0. The van der Waals surface area contributed by atoms with Crippen molar-refractivity contribution in [3.63, 3.8) is 0 Å². The van der Waals surface area contributed by atoms with Crippen LogP contribution >= 0.6 is 0 Å². The van der Waals surface area contributed by atoms with Crippen LogP contribution in [-0.4, -0.2) is 42.0 Å². The SMILES string of the molecule is CN1Cc2ccc(-c3nc(C#N)ccc3/C(C=N)=C/NCC(C)(C)C(F)F)cc2C1=O. The number of pyridine rings is 1. The van der Waals surface area contributed by atoms with E-state index in [9.17, 15) is 18.8 Å². The van der Waals surface area contributed by atoms with Gasteiger partial charge >= 0.3 is 0 Å². The summed E-state index contributed by atoms with van der Waals surface area (Å²) in [6, 6.07) is 10.6. The zero-order valence-electron chi connectivity index (χ0n) is 17.5. The Morgan fingerprint density at radius 2 is 2.13 bits per heavy atom. The number of aromatic nitrogens is 1. The van der Waals surface area contributed by atoms with Crippen LogP contribution in [0.25, 0.3) is 16.8 Å². The number of halogens is 2. The molecule has 0 unspecified atom stereocenters. The van der Waals surface area contributed by atoms with Crippen molar-refractivity contribution in [3.05, 3.63) is 58.9 Å². The van der Waals surface area contributed by atoms with Gasteiger partial charge in [0.1, 0.15) is 11.8 Å². The number of carbonyl (C=O) groups is 1. The Hall–Kier alpha value is -3.60. The van der Waals surface area contributed by atoms with Gasteiger partial charge in [0.25, 0.3) is 5.91 Å². The molecular formula is C23H23F2N5O. The predicted molar refractivity (Wildman–Crippen MR) is 115 cm³/mol. The van der Waals surface area contributed by atoms with Gasteiger partial charge < -0.3 is 15.6 Å². The first-order chi connectivity index (χ1) is 14.7. The van der Waals surface area contributed by atoms with E-state index in [0.717, 1.165) is 11.8 Å². The van der Waals surface area contributed by atoms with Gasteiger partial charge in [-0.15, -0.1) is 0 Å². The van der Waals surface area contributed by atoms with Crippen molar-refractivity contribution in [1.82, 2.24) is 15.2 Å². The molecule has 8 heteroatoms. The topological polar surface area (TPSA) is 92.9 Å². The Balaban J connectivity index is 2.03. The molecule has 1 aromatic carbocycles. The molecule has 6 nitrogen and oxygen atoms in total. The Bertz CT molecular complexity index is 1100. The molecule has 0 fully saturated rings. The maximum Gasteiger partial charge on any atom is 0.254 e. The van der Waals surface area contributed by atoms with E-state index in [1.807, 2.05) is 18.2 Å². The van der Waals surface area contributed by atoms with Gasteiger partial charge in [-0.05, 0) is 23.8 Å². The first kappa shape index (κ1) is 22.1. The second-order valence-electron chi connectivity index (χ2n) is 8.15. The molecule has 0 spiro atoms. The van der Waals surface area contributed by atoms with E-state index in [4.69, 9.17) is 5.41 Å². The molecule has 0 aliphatic carbocycles. The second kappa shape index (κ2) is 8.64. The van der Waals surface area contributed by atoms with Crippen LogP contribution in [0.4, 0.5) is 8.78 Å². The van der Waals surface area contributed by atoms with Crippen molar-refractivity contribution in [3.8, 4) is 17.3 Å². The van der Waals surface area contributed by atoms with Crippen molar-refractivity contribution in [2.24, 2.45) is 5.41 Å². The lowest BCUT2D eigenvalue weighted by Gasteiger charge is -2.23. The highest BCUT2D eigenvalue weighted by molar-refractivity contribution is 6.10. The molecule has 1 amide bonds. The second-order valence-corrected chi connectivity index (χ2v) is 8.15. The average molecular weight is 423 g/mol. The number of nitrogens with zero attached hydrogens (tertiary/aromatic N) is 3. The molecule has 2 N–H and O–H groups in total. The fraction of sp³-hybridized carbons (Fsp3) is 0.304. The molecule has 0 atom stereocenters. The summed E-state index contributed by atoms with van der Waals surface area (Å²) in [6.45, 7) is 3.45. The van der Waals surface area contributed by atoms with Gasteiger partial charge in [-0.25, -0.2) is 13.8 Å². The van der Waals surface area contributed by atoms with E-state index in [1.165, 1.54) is 26.1 Å². The number of nitriles is 1. The largest absolute Gasteiger partial charge is 0.390 e. The summed E-state index contributed by atoms with van der Waals surface area (Å²) in [6.07, 6.45) is 0.100. The van der Waals surface area contributed by atoms with Gasteiger partial charge in [-0.2, -0.15) is 5.26 Å². The number of allylic oxidation sites excluding steroid dienone is 1. The molecule has 1 aliphatic heterocycles. The monoisotopic (exact) mass is 423 g/mol. The average Bonchev–Trinajstić information content (AvgIpc) is 3.04. The van der Waals surface area contributed by atoms with Gasteiger partial charge in [0.05, 0.1) is 5.69 Å². The minimum Gasteiger partial charge on any atom is -0.390 e. The van der Waals surface area contributed by atoms with Gasteiger partial charge in [-0.1, -0.05) is 26.0 Å². The number of rotatable bonds is 7. The fourth-order valence-corrected chi connectivity index (χ4v) is 3.27. The number of benzene rings is 1. The lowest BCUT2D eigenvalue weighted by atomic mass is 9.94. The predicted octanol–water partition coefficient (Wildman–Crippen LogP) is 4.08. The highest BCUT2D eigenvalue weighted by Crippen LogP contribution is 2.31. The zero-order valence-corrected chi connectivity index (χ0v) is 17.5. The van der Waals surface area contributed by atoms with Crippen molar-refractivity contribution in [1.29, 1.82) is 10.7 Å². The van der Waals surface area contributed by atoms with Crippen LogP contribution in [0.5, 0.6) is 0 Å². The maximum atomic E-state index is 13.1. The smallest absolute Gasteiger partial charge is 0.254 e. The summed E-state index contributed by atoms with van der Waals surface area (Å²) in [4.78, 5) is 18.4. The normalized spacial score (nSPS) is 13.9. The third-order valence-electron chi connectivity index (χ3n) is 5.25. The van der Waals surface area contributed by atoms with Crippen LogP contribution in [-0.2, 0) is 6.54 Å². The highest BCUT2D eigenvalue weighted by Gasteiger charge is 2.29. The molecule has 0 saturated carbocycles. The Morgan fingerprint density at radius 3 is 2.77 bits per heavy atom. The minimum absolute atomic E-state index is 0.0146. The van der Waals surface area contributed by atoms with E-state index in [0.29, 0.717) is 34.5 Å². The van der Waals surface area contributed by atoms with Crippen LogP contribution in [0.3, 0.4) is 0 Å². The molecular weight excluding hydrogens is 400 g/mol. The number of amides is 1. The van der Waals surface area contributed by atoms with Crippen molar-refractivity contribution in [2.75, 3.05) is 13.6 Å². The molecule has 160 valence electrons. The van der Waals surface area contributed by atoms with Gasteiger partial charge in [-0.3, -0.25) is 4.79 Å². The standard InChI is InChI=1S/C23H23F2N5O/c1-23(2,22(24)25)13-28-11-16(9-26)18-7-6-17(10-27)29-20(18)14-4-5-15-12-30(3)21(31)19(15)8-14/h4-9,11,22,26,28H,12-13H2,1-3H3/b16-11+,26-9?. The molecule has 1 aromatic heterocycles. The van der Waals surface area contributed by atoms with Crippen LogP contribution in [0.2, 0.25) is 0 Å². The molecule has 1 aliphatic rings. The summed E-state index contributed by atoms with van der Waals surface area (Å²) in [7, 11) is 1.73. The van der Waals surface area contributed by atoms with E-state index < -0.39 is 11.8 Å². The summed E-state index contributed by atoms with van der Waals surface area (Å²) in [5.41, 5.74) is 2.49. The van der Waals surface area contributed by atoms with Gasteiger partial charge in [0, 0.05) is 60.2 Å². The van der Waals surface area contributed by atoms with Gasteiger partial charge in [0.2, 0.25) is 6.43 Å². The Morgan fingerprint density at radius 1 is 1.39 bits per heavy atom. The zero-order chi connectivity index (χ0) is 22.8. The first-order valence-corrected chi connectivity index (χ1v) is 9.70. The summed E-state index contributed by atoms with van der Waals surface area (Å²) in [5.74, 6) is -0.0893. The van der Waals surface area contributed by atoms with E-state index in [-0.39, 0.29) is 18.1 Å². The minimum atomic E-state index is -2.49. The lowest BCUT2D eigenvalue weighted by Crippen LogP contribution is -2.32. The fourth-order valence-electron chi connectivity index (χ4n) is 3.27. The number of carbonyl (C=O) groups excluding carboxylic acids is 1. The Labute approximate surface area is 179 Å². The highest BCUT2D eigenvalue weighted by atomic mass is 19.3. The quantitative estimate of drug-likeness (QED) is 0.657. The van der Waals surface area contributed by atoms with Crippen LogP contribution < -0.4 is 5.32 Å². The molecule has 2 aromatic rings. The van der Waals surface area contributed by atoms with E-state index >= 15 is 0 Å². The van der Waals surface area contributed by atoms with E-state index in [1.54, 1.807) is 24.1 Å².